The number of rotatable bonds is 3. The molecule has 0 unspecified atom stereocenters. The molecule has 1 amide bonds. The van der Waals surface area contributed by atoms with E-state index in [1.807, 2.05) is 30.3 Å². The Balaban J connectivity index is 1.59. The normalized spacial score (nSPS) is 12.3. The van der Waals surface area contributed by atoms with Crippen LogP contribution in [-0.2, 0) is 16.3 Å². The first-order chi connectivity index (χ1) is 12.4. The third-order valence-corrected chi connectivity index (χ3v) is 5.69. The average Bonchev–Trinajstić information content (AvgIpc) is 2.99. The highest BCUT2D eigenvalue weighted by molar-refractivity contribution is 7.90. The predicted octanol–water partition coefficient (Wildman–Crippen LogP) is 3.91. The largest absolute Gasteiger partial charge is 0.322 e. The lowest BCUT2D eigenvalue weighted by Gasteiger charge is -2.08. The van der Waals surface area contributed by atoms with Crippen molar-refractivity contribution in [3.05, 3.63) is 83.4 Å². The molecule has 0 atom stereocenters. The molecule has 0 fully saturated rings. The van der Waals surface area contributed by atoms with Gasteiger partial charge >= 0.3 is 0 Å². The maximum absolute atomic E-state index is 12.5. The fraction of sp³-hybridized carbons (Fsp3) is 0.0952. The number of benzene rings is 3. The topological polar surface area (TPSA) is 63.2 Å². The highest BCUT2D eigenvalue weighted by Crippen LogP contribution is 2.37. The van der Waals surface area contributed by atoms with Gasteiger partial charge in [0.15, 0.2) is 9.84 Å². The number of carbonyl (C=O) groups is 1. The second kappa shape index (κ2) is 6.11. The van der Waals surface area contributed by atoms with Crippen LogP contribution in [0.25, 0.3) is 11.1 Å². The van der Waals surface area contributed by atoms with Gasteiger partial charge in [0.25, 0.3) is 5.91 Å². The zero-order valence-electron chi connectivity index (χ0n) is 14.2. The summed E-state index contributed by atoms with van der Waals surface area (Å²) in [5.41, 5.74) is 5.91. The van der Waals surface area contributed by atoms with Gasteiger partial charge in [-0.3, -0.25) is 4.79 Å². The molecule has 130 valence electrons. The Bertz CT molecular complexity index is 1130. The van der Waals surface area contributed by atoms with Gasteiger partial charge < -0.3 is 5.32 Å². The van der Waals surface area contributed by atoms with Crippen LogP contribution in [0.4, 0.5) is 5.69 Å². The number of carbonyl (C=O) groups excluding carboxylic acids is 1. The van der Waals surface area contributed by atoms with Crippen molar-refractivity contribution in [2.45, 2.75) is 11.3 Å². The number of nitrogens with one attached hydrogen (secondary N) is 1. The van der Waals surface area contributed by atoms with E-state index in [0.717, 1.165) is 12.7 Å². The lowest BCUT2D eigenvalue weighted by atomic mass is 10.1. The number of hydrogen-bond acceptors (Lipinski definition) is 3. The molecule has 1 N–H and O–H groups in total. The van der Waals surface area contributed by atoms with Crippen molar-refractivity contribution < 1.29 is 13.2 Å². The first-order valence-corrected chi connectivity index (χ1v) is 10.1. The zero-order chi connectivity index (χ0) is 18.3. The SMILES string of the molecule is CS(=O)(=O)c1cccc(C(=O)Nc2ccc3c(c2)Cc2ccccc2-3)c1. The third-order valence-electron chi connectivity index (χ3n) is 4.58. The lowest BCUT2D eigenvalue weighted by Crippen LogP contribution is -2.12. The first kappa shape index (κ1) is 16.5. The molecule has 0 aromatic heterocycles. The van der Waals surface area contributed by atoms with Crippen molar-refractivity contribution in [1.82, 2.24) is 0 Å². The van der Waals surface area contributed by atoms with Crippen LogP contribution >= 0.6 is 0 Å². The van der Waals surface area contributed by atoms with Crippen LogP contribution in [0.3, 0.4) is 0 Å². The van der Waals surface area contributed by atoms with Crippen molar-refractivity contribution in [2.75, 3.05) is 11.6 Å². The van der Waals surface area contributed by atoms with Gasteiger partial charge in [-0.2, -0.15) is 0 Å². The summed E-state index contributed by atoms with van der Waals surface area (Å²) in [6.45, 7) is 0. The molecule has 0 saturated carbocycles. The second-order valence-electron chi connectivity index (χ2n) is 6.46. The highest BCUT2D eigenvalue weighted by atomic mass is 32.2. The molecule has 1 aliphatic carbocycles. The summed E-state index contributed by atoms with van der Waals surface area (Å²) in [4.78, 5) is 12.6. The standard InChI is InChI=1S/C21H17NO3S/c1-26(24,25)18-7-4-6-15(13-18)21(23)22-17-9-10-20-16(12-17)11-14-5-2-3-8-19(14)20/h2-10,12-13H,11H2,1H3,(H,22,23). The quantitative estimate of drug-likeness (QED) is 0.600. The molecule has 1 aliphatic rings. The molecule has 0 heterocycles. The minimum atomic E-state index is -3.35. The Morgan fingerprint density at radius 2 is 1.65 bits per heavy atom. The zero-order valence-corrected chi connectivity index (χ0v) is 15.0. The molecule has 4 nitrogen and oxygen atoms in total. The smallest absolute Gasteiger partial charge is 0.255 e. The van der Waals surface area contributed by atoms with Crippen molar-refractivity contribution in [3.63, 3.8) is 0 Å². The van der Waals surface area contributed by atoms with Crippen molar-refractivity contribution in [1.29, 1.82) is 0 Å². The predicted molar refractivity (Wildman–Crippen MR) is 102 cm³/mol. The van der Waals surface area contributed by atoms with Gasteiger partial charge in [0.05, 0.1) is 4.90 Å². The number of amides is 1. The van der Waals surface area contributed by atoms with E-state index in [9.17, 15) is 13.2 Å². The number of fused-ring (bicyclic) bond motifs is 3. The summed E-state index contributed by atoms with van der Waals surface area (Å²) in [5, 5.41) is 2.86. The molecule has 0 bridgehead atoms. The van der Waals surface area contributed by atoms with E-state index >= 15 is 0 Å². The fourth-order valence-electron chi connectivity index (χ4n) is 3.29. The Hall–Kier alpha value is -2.92. The van der Waals surface area contributed by atoms with Crippen LogP contribution in [0.2, 0.25) is 0 Å². The highest BCUT2D eigenvalue weighted by Gasteiger charge is 2.18. The van der Waals surface area contributed by atoms with Crippen LogP contribution in [0, 0.1) is 0 Å². The number of hydrogen-bond donors (Lipinski definition) is 1. The minimum Gasteiger partial charge on any atom is -0.322 e. The van der Waals surface area contributed by atoms with Crippen LogP contribution in [0.5, 0.6) is 0 Å². The van der Waals surface area contributed by atoms with Crippen LogP contribution in [0.1, 0.15) is 21.5 Å². The van der Waals surface area contributed by atoms with Gasteiger partial charge in [-0.25, -0.2) is 8.42 Å². The first-order valence-electron chi connectivity index (χ1n) is 8.24. The third kappa shape index (κ3) is 3.02. The molecule has 0 aliphatic heterocycles. The molecule has 5 heteroatoms. The van der Waals surface area contributed by atoms with E-state index in [-0.39, 0.29) is 10.8 Å². The summed E-state index contributed by atoms with van der Waals surface area (Å²) in [5.74, 6) is -0.328. The van der Waals surface area contributed by atoms with E-state index in [2.05, 4.69) is 17.4 Å². The fourth-order valence-corrected chi connectivity index (χ4v) is 3.96. The van der Waals surface area contributed by atoms with Gasteiger partial charge in [-0.05, 0) is 59.0 Å². The monoisotopic (exact) mass is 363 g/mol. The van der Waals surface area contributed by atoms with E-state index < -0.39 is 9.84 Å². The van der Waals surface area contributed by atoms with Crippen LogP contribution in [-0.4, -0.2) is 20.6 Å². The molecule has 3 aromatic rings. The molecule has 4 rings (SSSR count). The van der Waals surface area contributed by atoms with Gasteiger partial charge in [-0.15, -0.1) is 0 Å². The summed E-state index contributed by atoms with van der Waals surface area (Å²) in [6.07, 6.45) is 1.97. The molecule has 26 heavy (non-hydrogen) atoms. The lowest BCUT2D eigenvalue weighted by molar-refractivity contribution is 0.102. The van der Waals surface area contributed by atoms with Gasteiger partial charge in [0, 0.05) is 17.5 Å². The second-order valence-corrected chi connectivity index (χ2v) is 8.48. The Labute approximate surface area is 152 Å². The summed E-state index contributed by atoms with van der Waals surface area (Å²) in [7, 11) is -3.35. The van der Waals surface area contributed by atoms with E-state index in [1.165, 1.54) is 34.4 Å². The van der Waals surface area contributed by atoms with Crippen molar-refractivity contribution in [3.8, 4) is 11.1 Å². The van der Waals surface area contributed by atoms with Crippen LogP contribution < -0.4 is 5.32 Å². The maximum atomic E-state index is 12.5. The Kier molecular flexibility index (Phi) is 3.89. The molecule has 0 spiro atoms. The average molecular weight is 363 g/mol. The van der Waals surface area contributed by atoms with Gasteiger partial charge in [-0.1, -0.05) is 36.4 Å². The molecule has 0 saturated heterocycles. The Morgan fingerprint density at radius 1 is 0.885 bits per heavy atom. The molecular formula is C21H17NO3S. The molecule has 3 aromatic carbocycles. The summed E-state index contributed by atoms with van der Waals surface area (Å²) >= 11 is 0. The Morgan fingerprint density at radius 3 is 2.46 bits per heavy atom. The van der Waals surface area contributed by atoms with Gasteiger partial charge in [0.1, 0.15) is 0 Å². The minimum absolute atomic E-state index is 0.134. The van der Waals surface area contributed by atoms with Gasteiger partial charge in [0.2, 0.25) is 0 Å². The molecule has 0 radical (unpaired) electrons. The van der Waals surface area contributed by atoms with E-state index in [1.54, 1.807) is 12.1 Å². The van der Waals surface area contributed by atoms with E-state index in [0.29, 0.717) is 11.3 Å². The maximum Gasteiger partial charge on any atom is 0.255 e. The number of sulfone groups is 1. The number of anilines is 1. The van der Waals surface area contributed by atoms with Crippen molar-refractivity contribution >= 4 is 21.4 Å². The summed E-state index contributed by atoms with van der Waals surface area (Å²) < 4.78 is 23.3. The molecular weight excluding hydrogens is 346 g/mol. The van der Waals surface area contributed by atoms with Crippen molar-refractivity contribution in [2.24, 2.45) is 0 Å². The van der Waals surface area contributed by atoms with E-state index in [4.69, 9.17) is 0 Å². The summed E-state index contributed by atoms with van der Waals surface area (Å²) in [6, 6.07) is 20.2. The van der Waals surface area contributed by atoms with Crippen LogP contribution in [0.15, 0.2) is 71.6 Å².